The van der Waals surface area contributed by atoms with Gasteiger partial charge in [-0.1, -0.05) is 29.3 Å². The third-order valence-electron chi connectivity index (χ3n) is 3.83. The normalized spacial score (nSPS) is 14.2. The van der Waals surface area contributed by atoms with Crippen molar-refractivity contribution in [1.82, 2.24) is 15.3 Å². The molecule has 0 spiro atoms. The minimum atomic E-state index is 0.823. The summed E-state index contributed by atoms with van der Waals surface area (Å²) in [5.41, 5.74) is 7.56. The molecule has 3 heteroatoms. The molecule has 1 aliphatic rings. The summed E-state index contributed by atoms with van der Waals surface area (Å²) in [6, 6.07) is 6.66. The fourth-order valence-corrected chi connectivity index (χ4v) is 3.01. The number of hydrogen-bond acceptors (Lipinski definition) is 3. The quantitative estimate of drug-likeness (QED) is 0.909. The molecular formula is C17H21N3. The molecule has 0 aliphatic carbocycles. The Morgan fingerprint density at radius 3 is 2.55 bits per heavy atom. The predicted molar refractivity (Wildman–Crippen MR) is 80.9 cm³/mol. The molecule has 1 N–H and O–H groups in total. The monoisotopic (exact) mass is 267 g/mol. The van der Waals surface area contributed by atoms with E-state index in [1.54, 1.807) is 0 Å². The van der Waals surface area contributed by atoms with Crippen molar-refractivity contribution in [3.05, 3.63) is 57.7 Å². The number of fused-ring (bicyclic) bond motifs is 1. The van der Waals surface area contributed by atoms with Crippen LogP contribution in [0.4, 0.5) is 0 Å². The molecule has 3 nitrogen and oxygen atoms in total. The number of benzene rings is 1. The average Bonchev–Trinajstić information content (AvgIpc) is 2.37. The summed E-state index contributed by atoms with van der Waals surface area (Å²) < 4.78 is 0. The van der Waals surface area contributed by atoms with E-state index in [0.717, 1.165) is 37.4 Å². The second-order valence-electron chi connectivity index (χ2n) is 5.75. The van der Waals surface area contributed by atoms with E-state index in [-0.39, 0.29) is 0 Å². The molecule has 2 heterocycles. The van der Waals surface area contributed by atoms with Crippen molar-refractivity contribution in [3.8, 4) is 0 Å². The maximum atomic E-state index is 4.78. The fraction of sp³-hybridized carbons (Fsp3) is 0.412. The van der Waals surface area contributed by atoms with Crippen molar-refractivity contribution < 1.29 is 0 Å². The Labute approximate surface area is 120 Å². The van der Waals surface area contributed by atoms with Crippen molar-refractivity contribution in [2.24, 2.45) is 0 Å². The molecule has 3 rings (SSSR count). The molecule has 0 atom stereocenters. The molecular weight excluding hydrogens is 246 g/mol. The lowest BCUT2D eigenvalue weighted by atomic mass is 10.0. The summed E-state index contributed by atoms with van der Waals surface area (Å²) in [6.07, 6.45) is 1.84. The molecule has 0 saturated carbocycles. The average molecular weight is 267 g/mol. The second kappa shape index (κ2) is 5.33. The summed E-state index contributed by atoms with van der Waals surface area (Å²) in [6.45, 7) is 8.30. The van der Waals surface area contributed by atoms with Crippen LogP contribution in [0, 0.1) is 20.8 Å². The van der Waals surface area contributed by atoms with Gasteiger partial charge in [0.25, 0.3) is 0 Å². The van der Waals surface area contributed by atoms with E-state index in [1.807, 2.05) is 0 Å². The van der Waals surface area contributed by atoms with Gasteiger partial charge in [0.15, 0.2) is 0 Å². The van der Waals surface area contributed by atoms with Crippen LogP contribution in [0.15, 0.2) is 18.2 Å². The first-order chi connectivity index (χ1) is 9.61. The summed E-state index contributed by atoms with van der Waals surface area (Å²) in [7, 11) is 0. The van der Waals surface area contributed by atoms with Gasteiger partial charge in [0.1, 0.15) is 5.82 Å². The van der Waals surface area contributed by atoms with Crippen LogP contribution in [-0.4, -0.2) is 16.5 Å². The Hall–Kier alpha value is -1.74. The van der Waals surface area contributed by atoms with Gasteiger partial charge in [-0.05, 0) is 26.3 Å². The number of nitrogens with zero attached hydrogens (tertiary/aromatic N) is 2. The van der Waals surface area contributed by atoms with E-state index < -0.39 is 0 Å². The molecule has 2 aromatic rings. The first-order valence-corrected chi connectivity index (χ1v) is 7.25. The zero-order valence-corrected chi connectivity index (χ0v) is 12.5. The molecule has 104 valence electrons. The predicted octanol–water partition coefficient (Wildman–Crippen LogP) is 2.64. The number of hydrogen-bond donors (Lipinski definition) is 1. The van der Waals surface area contributed by atoms with E-state index in [4.69, 9.17) is 4.98 Å². The summed E-state index contributed by atoms with van der Waals surface area (Å²) in [4.78, 5) is 9.47. The van der Waals surface area contributed by atoms with Crippen LogP contribution in [0.5, 0.6) is 0 Å². The molecule has 0 fully saturated rings. The van der Waals surface area contributed by atoms with Crippen LogP contribution >= 0.6 is 0 Å². The van der Waals surface area contributed by atoms with Gasteiger partial charge in [-0.25, -0.2) is 9.97 Å². The van der Waals surface area contributed by atoms with Crippen molar-refractivity contribution in [2.75, 3.05) is 6.54 Å². The maximum absolute atomic E-state index is 4.78. The molecule has 0 bridgehead atoms. The first-order valence-electron chi connectivity index (χ1n) is 7.25. The SMILES string of the molecule is Cc1cc(C)cc(Cc2nc(C)c3c(n2)CCNC3)c1. The molecule has 1 aromatic heterocycles. The van der Waals surface area contributed by atoms with Crippen LogP contribution in [0.25, 0.3) is 0 Å². The lowest BCUT2D eigenvalue weighted by Crippen LogP contribution is -2.26. The zero-order chi connectivity index (χ0) is 14.1. The van der Waals surface area contributed by atoms with Gasteiger partial charge in [-0.2, -0.15) is 0 Å². The number of nitrogens with one attached hydrogen (secondary N) is 1. The smallest absolute Gasteiger partial charge is 0.133 e. The van der Waals surface area contributed by atoms with Gasteiger partial charge in [-0.3, -0.25) is 0 Å². The van der Waals surface area contributed by atoms with Gasteiger partial charge >= 0.3 is 0 Å². The minimum Gasteiger partial charge on any atom is -0.312 e. The molecule has 0 saturated heterocycles. The van der Waals surface area contributed by atoms with E-state index in [9.17, 15) is 0 Å². The molecule has 1 aromatic carbocycles. The van der Waals surface area contributed by atoms with Crippen LogP contribution in [0.1, 0.15) is 39.5 Å². The Morgan fingerprint density at radius 1 is 1.05 bits per heavy atom. The topological polar surface area (TPSA) is 37.8 Å². The Kier molecular flexibility index (Phi) is 3.53. The summed E-state index contributed by atoms with van der Waals surface area (Å²) >= 11 is 0. The maximum Gasteiger partial charge on any atom is 0.133 e. The van der Waals surface area contributed by atoms with Crippen LogP contribution in [0.3, 0.4) is 0 Å². The second-order valence-corrected chi connectivity index (χ2v) is 5.75. The highest BCUT2D eigenvalue weighted by molar-refractivity contribution is 5.32. The van der Waals surface area contributed by atoms with Gasteiger partial charge in [0.05, 0.1) is 5.69 Å². The van der Waals surface area contributed by atoms with Crippen LogP contribution in [-0.2, 0) is 19.4 Å². The number of rotatable bonds is 2. The fourth-order valence-electron chi connectivity index (χ4n) is 3.01. The van der Waals surface area contributed by atoms with Crippen LogP contribution < -0.4 is 5.32 Å². The van der Waals surface area contributed by atoms with Gasteiger partial charge < -0.3 is 5.32 Å². The molecule has 1 aliphatic heterocycles. The molecule has 0 unspecified atom stereocenters. The van der Waals surface area contributed by atoms with E-state index in [2.05, 4.69) is 49.3 Å². The lowest BCUT2D eigenvalue weighted by molar-refractivity contribution is 0.615. The molecule has 20 heavy (non-hydrogen) atoms. The van der Waals surface area contributed by atoms with E-state index >= 15 is 0 Å². The Morgan fingerprint density at radius 2 is 1.80 bits per heavy atom. The van der Waals surface area contributed by atoms with Crippen molar-refractivity contribution in [1.29, 1.82) is 0 Å². The van der Waals surface area contributed by atoms with E-state index in [1.165, 1.54) is 27.9 Å². The third-order valence-corrected chi connectivity index (χ3v) is 3.83. The van der Waals surface area contributed by atoms with Gasteiger partial charge in [0, 0.05) is 37.2 Å². The van der Waals surface area contributed by atoms with Crippen LogP contribution in [0.2, 0.25) is 0 Å². The van der Waals surface area contributed by atoms with Gasteiger partial charge in [-0.15, -0.1) is 0 Å². The zero-order valence-electron chi connectivity index (χ0n) is 12.5. The standard InChI is InChI=1S/C17H21N3/c1-11-6-12(2)8-14(7-11)9-17-19-13(3)15-10-18-5-4-16(15)20-17/h6-8,18H,4-5,9-10H2,1-3H3. The Balaban J connectivity index is 1.92. The summed E-state index contributed by atoms with van der Waals surface area (Å²) in [5.74, 6) is 0.952. The Bertz CT molecular complexity index is 627. The minimum absolute atomic E-state index is 0.823. The van der Waals surface area contributed by atoms with Crippen molar-refractivity contribution in [2.45, 2.75) is 40.2 Å². The largest absolute Gasteiger partial charge is 0.312 e. The van der Waals surface area contributed by atoms with Gasteiger partial charge in [0.2, 0.25) is 0 Å². The number of aromatic nitrogens is 2. The van der Waals surface area contributed by atoms with E-state index in [0.29, 0.717) is 0 Å². The first kappa shape index (κ1) is 13.3. The highest BCUT2D eigenvalue weighted by Gasteiger charge is 2.15. The summed E-state index contributed by atoms with van der Waals surface area (Å²) in [5, 5.41) is 3.39. The van der Waals surface area contributed by atoms with Crippen molar-refractivity contribution >= 4 is 0 Å². The number of aryl methyl sites for hydroxylation is 3. The molecule has 0 radical (unpaired) electrons. The highest BCUT2D eigenvalue weighted by Crippen LogP contribution is 2.17. The van der Waals surface area contributed by atoms with Crippen molar-refractivity contribution in [3.63, 3.8) is 0 Å². The highest BCUT2D eigenvalue weighted by atomic mass is 14.9. The molecule has 0 amide bonds. The third kappa shape index (κ3) is 2.73. The lowest BCUT2D eigenvalue weighted by Gasteiger charge is -2.18.